The number of nitrogens with zero attached hydrogens (tertiary/aromatic N) is 1. The Bertz CT molecular complexity index is 648. The molecule has 1 aliphatic rings. The predicted octanol–water partition coefficient (Wildman–Crippen LogP) is 3.05. The summed E-state index contributed by atoms with van der Waals surface area (Å²) in [5.41, 5.74) is 1.15. The highest BCUT2D eigenvalue weighted by atomic mass is 32.2. The number of rotatable bonds is 4. The van der Waals surface area contributed by atoms with Gasteiger partial charge in [0.2, 0.25) is 0 Å². The van der Waals surface area contributed by atoms with E-state index in [1.165, 1.54) is 22.5 Å². The summed E-state index contributed by atoms with van der Waals surface area (Å²) < 4.78 is 24.1. The van der Waals surface area contributed by atoms with Crippen molar-refractivity contribution in [3.8, 4) is 0 Å². The molecule has 0 spiro atoms. The van der Waals surface area contributed by atoms with E-state index < -0.39 is 15.1 Å². The molecule has 6 heteroatoms. The number of amides is 1. The second-order valence-electron chi connectivity index (χ2n) is 6.21. The van der Waals surface area contributed by atoms with Crippen molar-refractivity contribution in [3.63, 3.8) is 0 Å². The van der Waals surface area contributed by atoms with Gasteiger partial charge in [-0.3, -0.25) is 4.79 Å². The Hall–Kier alpha value is -0.880. The van der Waals surface area contributed by atoms with Crippen LogP contribution < -0.4 is 0 Å². The number of aryl methyl sites for hydroxylation is 2. The first-order valence-corrected chi connectivity index (χ1v) is 10.6. The summed E-state index contributed by atoms with van der Waals surface area (Å²) in [5.74, 6) is -0.0478. The van der Waals surface area contributed by atoms with Crippen LogP contribution in [0.5, 0.6) is 0 Å². The van der Waals surface area contributed by atoms with Crippen LogP contribution in [0.3, 0.4) is 0 Å². The van der Waals surface area contributed by atoms with Gasteiger partial charge in [0, 0.05) is 24.2 Å². The van der Waals surface area contributed by atoms with E-state index in [1.807, 2.05) is 13.0 Å². The largest absolute Gasteiger partial charge is 0.337 e. The highest BCUT2D eigenvalue weighted by Crippen LogP contribution is 2.30. The first-order valence-electron chi connectivity index (χ1n) is 7.81. The first-order chi connectivity index (χ1) is 10.3. The van der Waals surface area contributed by atoms with Crippen molar-refractivity contribution in [2.45, 2.75) is 57.2 Å². The third kappa shape index (κ3) is 3.54. The number of carbonyl (C=O) groups excluding carboxylic acids is 1. The number of sulfone groups is 1. The molecule has 2 atom stereocenters. The van der Waals surface area contributed by atoms with Gasteiger partial charge in [-0.25, -0.2) is 8.42 Å². The Balaban J connectivity index is 2.24. The molecule has 0 radical (unpaired) electrons. The number of hydrogen-bond acceptors (Lipinski definition) is 4. The molecular formula is C16H25NO3S2. The molecule has 0 N–H and O–H groups in total. The molecule has 1 aromatic rings. The average Bonchev–Trinajstić information content (AvgIpc) is 2.86. The van der Waals surface area contributed by atoms with Crippen molar-refractivity contribution >= 4 is 27.1 Å². The van der Waals surface area contributed by atoms with E-state index >= 15 is 0 Å². The van der Waals surface area contributed by atoms with Crippen molar-refractivity contribution < 1.29 is 13.2 Å². The molecule has 1 aromatic heterocycles. The van der Waals surface area contributed by atoms with E-state index in [4.69, 9.17) is 0 Å². The lowest BCUT2D eigenvalue weighted by molar-refractivity contribution is 0.0705. The van der Waals surface area contributed by atoms with Gasteiger partial charge in [0.15, 0.2) is 9.84 Å². The Kier molecular flexibility index (Phi) is 5.33. The summed E-state index contributed by atoms with van der Waals surface area (Å²) in [7, 11) is -1.39. The van der Waals surface area contributed by atoms with Crippen molar-refractivity contribution in [2.24, 2.45) is 0 Å². The lowest BCUT2D eigenvalue weighted by Gasteiger charge is -2.36. The molecule has 1 amide bonds. The SMILES string of the molecule is CCc1sc(C(=O)N(C)[C@H]2CCCC[C@@H]2S(C)(=O)=O)cc1C. The molecule has 0 bridgehead atoms. The fourth-order valence-corrected chi connectivity index (χ4v) is 5.90. The topological polar surface area (TPSA) is 54.5 Å². The molecule has 1 heterocycles. The van der Waals surface area contributed by atoms with Crippen LogP contribution in [-0.4, -0.2) is 43.8 Å². The van der Waals surface area contributed by atoms with Crippen LogP contribution in [0.1, 0.15) is 52.7 Å². The standard InChI is InChI=1S/C16H25NO3S2/c1-5-13-11(2)10-14(21-13)16(18)17(3)12-8-6-7-9-15(12)22(4,19)20/h10,12,15H,5-9H2,1-4H3/t12-,15-/m0/s1. The zero-order valence-corrected chi connectivity index (χ0v) is 15.4. The summed E-state index contributed by atoms with van der Waals surface area (Å²) >= 11 is 1.53. The average molecular weight is 344 g/mol. The second-order valence-corrected chi connectivity index (χ2v) is 9.61. The van der Waals surface area contributed by atoms with Crippen LogP contribution in [0, 0.1) is 6.92 Å². The van der Waals surface area contributed by atoms with Gasteiger partial charge in [0.1, 0.15) is 0 Å². The Morgan fingerprint density at radius 1 is 1.36 bits per heavy atom. The fraction of sp³-hybridized carbons (Fsp3) is 0.688. The zero-order chi connectivity index (χ0) is 16.5. The monoisotopic (exact) mass is 343 g/mol. The molecule has 0 saturated heterocycles. The second kappa shape index (κ2) is 6.71. The van der Waals surface area contributed by atoms with E-state index in [2.05, 4.69) is 6.92 Å². The van der Waals surface area contributed by atoms with Gasteiger partial charge in [-0.15, -0.1) is 11.3 Å². The summed E-state index contributed by atoms with van der Waals surface area (Å²) in [6, 6.07) is 1.73. The Morgan fingerprint density at radius 2 is 2.00 bits per heavy atom. The Labute approximate surface area is 137 Å². The van der Waals surface area contributed by atoms with Crippen molar-refractivity contribution in [1.82, 2.24) is 4.90 Å². The maximum atomic E-state index is 12.7. The highest BCUT2D eigenvalue weighted by molar-refractivity contribution is 7.91. The van der Waals surface area contributed by atoms with Crippen LogP contribution in [-0.2, 0) is 16.3 Å². The summed E-state index contributed by atoms with van der Waals surface area (Å²) in [6.45, 7) is 4.10. The molecule has 0 aliphatic heterocycles. The van der Waals surface area contributed by atoms with Gasteiger partial charge >= 0.3 is 0 Å². The summed E-state index contributed by atoms with van der Waals surface area (Å²) in [4.78, 5) is 16.3. The number of thiophene rings is 1. The normalized spacial score (nSPS) is 22.5. The third-order valence-electron chi connectivity index (χ3n) is 4.59. The van der Waals surface area contributed by atoms with Gasteiger partial charge in [-0.05, 0) is 37.8 Å². The van der Waals surface area contributed by atoms with Crippen molar-refractivity contribution in [1.29, 1.82) is 0 Å². The summed E-state index contributed by atoms with van der Waals surface area (Å²) in [6.07, 6.45) is 5.55. The third-order valence-corrected chi connectivity index (χ3v) is 7.61. The van der Waals surface area contributed by atoms with Crippen LogP contribution >= 0.6 is 11.3 Å². The lowest BCUT2D eigenvalue weighted by Crippen LogP contribution is -2.49. The van der Waals surface area contributed by atoms with E-state index in [0.29, 0.717) is 6.42 Å². The molecule has 0 aromatic carbocycles. The lowest BCUT2D eigenvalue weighted by atomic mass is 9.93. The van der Waals surface area contributed by atoms with Gasteiger partial charge in [0.25, 0.3) is 5.91 Å². The summed E-state index contributed by atoms with van der Waals surface area (Å²) in [5, 5.41) is -0.429. The minimum Gasteiger partial charge on any atom is -0.337 e. The van der Waals surface area contributed by atoms with Crippen LogP contribution in [0.4, 0.5) is 0 Å². The molecule has 1 aliphatic carbocycles. The zero-order valence-electron chi connectivity index (χ0n) is 13.8. The quantitative estimate of drug-likeness (QED) is 0.844. The molecule has 22 heavy (non-hydrogen) atoms. The van der Waals surface area contributed by atoms with E-state index in [-0.39, 0.29) is 11.9 Å². The van der Waals surface area contributed by atoms with Gasteiger partial charge < -0.3 is 4.90 Å². The predicted molar refractivity (Wildman–Crippen MR) is 91.4 cm³/mol. The molecule has 124 valence electrons. The molecule has 1 saturated carbocycles. The van der Waals surface area contributed by atoms with Crippen molar-refractivity contribution in [3.05, 3.63) is 21.4 Å². The highest BCUT2D eigenvalue weighted by Gasteiger charge is 2.37. The molecule has 0 unspecified atom stereocenters. The molecule has 2 rings (SSSR count). The minimum atomic E-state index is -3.13. The molecule has 4 nitrogen and oxygen atoms in total. The molecular weight excluding hydrogens is 318 g/mol. The number of carbonyl (C=O) groups is 1. The van der Waals surface area contributed by atoms with Crippen LogP contribution in [0.15, 0.2) is 6.07 Å². The first kappa shape index (κ1) is 17.5. The maximum Gasteiger partial charge on any atom is 0.263 e. The fourth-order valence-electron chi connectivity index (χ4n) is 3.32. The number of hydrogen-bond donors (Lipinski definition) is 0. The smallest absolute Gasteiger partial charge is 0.263 e. The van der Waals surface area contributed by atoms with Gasteiger partial charge in [-0.1, -0.05) is 19.8 Å². The van der Waals surface area contributed by atoms with Crippen molar-refractivity contribution in [2.75, 3.05) is 13.3 Å². The van der Waals surface area contributed by atoms with Crippen LogP contribution in [0.2, 0.25) is 0 Å². The van der Waals surface area contributed by atoms with E-state index in [0.717, 1.165) is 36.1 Å². The maximum absolute atomic E-state index is 12.7. The molecule has 1 fully saturated rings. The van der Waals surface area contributed by atoms with Crippen LogP contribution in [0.25, 0.3) is 0 Å². The van der Waals surface area contributed by atoms with Gasteiger partial charge in [0.05, 0.1) is 10.1 Å². The van der Waals surface area contributed by atoms with Gasteiger partial charge in [-0.2, -0.15) is 0 Å². The Morgan fingerprint density at radius 3 is 2.55 bits per heavy atom. The minimum absolute atomic E-state index is 0.0478. The van der Waals surface area contributed by atoms with E-state index in [1.54, 1.807) is 11.9 Å². The van der Waals surface area contributed by atoms with E-state index in [9.17, 15) is 13.2 Å².